The minimum Gasteiger partial charge on any atom is -0.464 e. The number of hydrogen-bond acceptors (Lipinski definition) is 5. The molecule has 0 aliphatic carbocycles. The van der Waals surface area contributed by atoms with Crippen LogP contribution in [-0.4, -0.2) is 23.8 Å². The maximum Gasteiger partial charge on any atom is 0.358 e. The summed E-state index contributed by atoms with van der Waals surface area (Å²) in [6.07, 6.45) is 0. The zero-order valence-corrected chi connectivity index (χ0v) is 11.7. The minimum absolute atomic E-state index is 0.0931. The van der Waals surface area contributed by atoms with E-state index >= 15 is 0 Å². The van der Waals surface area contributed by atoms with Gasteiger partial charge in [-0.05, 0) is 6.92 Å². The third-order valence-corrected chi connectivity index (χ3v) is 3.83. The Morgan fingerprint density at radius 2 is 1.84 bits per heavy atom. The van der Waals surface area contributed by atoms with Gasteiger partial charge in [-0.2, -0.15) is 0 Å². The molecule has 1 aromatic carbocycles. The molecule has 0 unspecified atom stereocenters. The molecule has 0 atom stereocenters. The van der Waals surface area contributed by atoms with Crippen molar-refractivity contribution in [1.29, 1.82) is 0 Å². The number of benzene rings is 1. The molecule has 0 bridgehead atoms. The second kappa shape index (κ2) is 5.32. The smallest absolute Gasteiger partial charge is 0.358 e. The fraction of sp³-hybridized carbons (Fsp3) is 0.214. The third kappa shape index (κ3) is 2.71. The van der Waals surface area contributed by atoms with Crippen LogP contribution in [0, 0.1) is 6.92 Å². The number of aromatic nitrogens is 1. The molecule has 0 aliphatic heterocycles. The van der Waals surface area contributed by atoms with Crippen molar-refractivity contribution in [3.05, 3.63) is 40.4 Å². The number of carbonyl (C=O) groups is 2. The van der Waals surface area contributed by atoms with Gasteiger partial charge in [0.1, 0.15) is 9.88 Å². The van der Waals surface area contributed by atoms with Crippen molar-refractivity contribution in [1.82, 2.24) is 4.98 Å². The molecule has 0 aliphatic rings. The van der Waals surface area contributed by atoms with Gasteiger partial charge in [-0.25, -0.2) is 9.78 Å². The van der Waals surface area contributed by atoms with Gasteiger partial charge in [0, 0.05) is 12.5 Å². The highest BCUT2D eigenvalue weighted by molar-refractivity contribution is 7.17. The topological polar surface area (TPSA) is 56.3 Å². The van der Waals surface area contributed by atoms with Gasteiger partial charge in [-0.3, -0.25) is 4.79 Å². The normalized spacial score (nSPS) is 10.3. The fourth-order valence-electron chi connectivity index (χ4n) is 1.61. The third-order valence-electron chi connectivity index (χ3n) is 2.62. The quantitative estimate of drug-likeness (QED) is 0.638. The highest BCUT2D eigenvalue weighted by Gasteiger charge is 2.22. The predicted octanol–water partition coefficient (Wildman–Crippen LogP) is 3.11. The number of methoxy groups -OCH3 is 1. The van der Waals surface area contributed by atoms with Gasteiger partial charge in [0.25, 0.3) is 0 Å². The number of aryl methyl sites for hydroxylation is 1. The van der Waals surface area contributed by atoms with E-state index in [0.29, 0.717) is 9.88 Å². The lowest BCUT2D eigenvalue weighted by Gasteiger charge is -1.96. The highest BCUT2D eigenvalue weighted by atomic mass is 32.1. The second-order valence-corrected chi connectivity index (χ2v) is 5.11. The van der Waals surface area contributed by atoms with E-state index in [1.54, 1.807) is 0 Å². The number of hydrogen-bond donors (Lipinski definition) is 0. The summed E-state index contributed by atoms with van der Waals surface area (Å²) in [4.78, 5) is 27.7. The van der Waals surface area contributed by atoms with Crippen LogP contribution in [0.1, 0.15) is 32.6 Å². The molecule has 1 heterocycles. The number of nitrogens with zero attached hydrogens (tertiary/aromatic N) is 1. The largest absolute Gasteiger partial charge is 0.464 e. The van der Waals surface area contributed by atoms with Crippen LogP contribution in [0.25, 0.3) is 10.6 Å². The van der Waals surface area contributed by atoms with Gasteiger partial charge in [0.2, 0.25) is 0 Å². The molecule has 4 nitrogen and oxygen atoms in total. The summed E-state index contributed by atoms with van der Waals surface area (Å²) in [7, 11) is 1.27. The summed E-state index contributed by atoms with van der Waals surface area (Å²) in [5, 5.41) is 0.644. The van der Waals surface area contributed by atoms with Gasteiger partial charge in [0.05, 0.1) is 7.11 Å². The van der Waals surface area contributed by atoms with Gasteiger partial charge < -0.3 is 4.74 Å². The minimum atomic E-state index is -0.584. The lowest BCUT2D eigenvalue weighted by atomic mass is 10.2. The molecule has 0 radical (unpaired) electrons. The summed E-state index contributed by atoms with van der Waals surface area (Å²) in [6.45, 7) is 3.41. The van der Waals surface area contributed by atoms with Crippen LogP contribution in [0.4, 0.5) is 0 Å². The Bertz CT molecular complexity index is 629. The van der Waals surface area contributed by atoms with Crippen LogP contribution in [0.15, 0.2) is 24.3 Å². The molecule has 98 valence electrons. The summed E-state index contributed by atoms with van der Waals surface area (Å²) in [6, 6.07) is 7.75. The molecule has 0 saturated heterocycles. The molecule has 2 rings (SSSR count). The highest BCUT2D eigenvalue weighted by Crippen LogP contribution is 2.29. The number of esters is 1. The van der Waals surface area contributed by atoms with Gasteiger partial charge in [-0.15, -0.1) is 11.3 Å². The standard InChI is InChI=1S/C14H13NO3S/c1-8-4-6-10(7-5-8)13-15-11(14(17)18-3)12(19-13)9(2)16/h4-7H,1-3H3. The van der Waals surface area contributed by atoms with E-state index in [9.17, 15) is 9.59 Å². The number of ether oxygens (including phenoxy) is 1. The first-order valence-electron chi connectivity index (χ1n) is 5.70. The molecule has 1 aromatic heterocycles. The van der Waals surface area contributed by atoms with Crippen molar-refractivity contribution >= 4 is 23.1 Å². The first-order chi connectivity index (χ1) is 9.02. The summed E-state index contributed by atoms with van der Waals surface area (Å²) in [5.41, 5.74) is 2.11. The van der Waals surface area contributed by atoms with Crippen LogP contribution in [0.2, 0.25) is 0 Å². The number of rotatable bonds is 3. The molecule has 2 aromatic rings. The van der Waals surface area contributed by atoms with Gasteiger partial charge in [-0.1, -0.05) is 29.8 Å². The Hall–Kier alpha value is -2.01. The zero-order chi connectivity index (χ0) is 14.0. The average Bonchev–Trinajstić information content (AvgIpc) is 2.84. The van der Waals surface area contributed by atoms with Crippen LogP contribution in [-0.2, 0) is 4.74 Å². The zero-order valence-electron chi connectivity index (χ0n) is 10.9. The van der Waals surface area contributed by atoms with E-state index in [-0.39, 0.29) is 11.5 Å². The van der Waals surface area contributed by atoms with Crippen LogP contribution in [0.3, 0.4) is 0 Å². The fourth-order valence-corrected chi connectivity index (χ4v) is 2.57. The average molecular weight is 275 g/mol. The van der Waals surface area contributed by atoms with Crippen molar-refractivity contribution in [2.45, 2.75) is 13.8 Å². The Morgan fingerprint density at radius 1 is 1.21 bits per heavy atom. The second-order valence-electron chi connectivity index (χ2n) is 4.11. The maximum atomic E-state index is 11.6. The lowest BCUT2D eigenvalue weighted by molar-refractivity contribution is 0.0591. The molecule has 5 heteroatoms. The lowest BCUT2D eigenvalue weighted by Crippen LogP contribution is -2.06. The number of thiazole rings is 1. The summed E-state index contributed by atoms with van der Waals surface area (Å²) < 4.78 is 4.65. The number of carbonyl (C=O) groups excluding carboxylic acids is 2. The molecule has 0 amide bonds. The first-order valence-corrected chi connectivity index (χ1v) is 6.51. The molecule has 0 N–H and O–H groups in total. The van der Waals surface area contributed by atoms with E-state index in [0.717, 1.165) is 11.1 Å². The number of Topliss-reactive ketones (excluding diaryl/α,β-unsaturated/α-hetero) is 1. The summed E-state index contributed by atoms with van der Waals surface area (Å²) in [5.74, 6) is -0.768. The Labute approximate surface area is 115 Å². The van der Waals surface area contributed by atoms with Crippen LogP contribution < -0.4 is 0 Å². The van der Waals surface area contributed by atoms with Crippen molar-refractivity contribution < 1.29 is 14.3 Å². The Morgan fingerprint density at radius 3 is 2.37 bits per heavy atom. The van der Waals surface area contributed by atoms with Gasteiger partial charge in [0.15, 0.2) is 11.5 Å². The van der Waals surface area contributed by atoms with E-state index < -0.39 is 5.97 Å². The van der Waals surface area contributed by atoms with E-state index in [1.807, 2.05) is 31.2 Å². The summed E-state index contributed by atoms with van der Waals surface area (Å²) >= 11 is 1.21. The van der Waals surface area contributed by atoms with Crippen LogP contribution in [0.5, 0.6) is 0 Å². The number of ketones is 1. The van der Waals surface area contributed by atoms with Crippen molar-refractivity contribution in [3.63, 3.8) is 0 Å². The molecule has 0 fully saturated rings. The SMILES string of the molecule is COC(=O)c1nc(-c2ccc(C)cc2)sc1C(C)=O. The predicted molar refractivity (Wildman–Crippen MR) is 73.6 cm³/mol. The van der Waals surface area contributed by atoms with E-state index in [2.05, 4.69) is 9.72 Å². The molecule has 19 heavy (non-hydrogen) atoms. The first kappa shape index (κ1) is 13.4. The van der Waals surface area contributed by atoms with E-state index in [4.69, 9.17) is 0 Å². The van der Waals surface area contributed by atoms with Crippen LogP contribution >= 0.6 is 11.3 Å². The monoisotopic (exact) mass is 275 g/mol. The molecular weight excluding hydrogens is 262 g/mol. The molecular formula is C14H13NO3S. The van der Waals surface area contributed by atoms with Gasteiger partial charge >= 0.3 is 5.97 Å². The van der Waals surface area contributed by atoms with Crippen molar-refractivity contribution in [2.24, 2.45) is 0 Å². The van der Waals surface area contributed by atoms with Crippen molar-refractivity contribution in [3.8, 4) is 10.6 Å². The Balaban J connectivity index is 2.51. The molecule has 0 spiro atoms. The van der Waals surface area contributed by atoms with Crippen molar-refractivity contribution in [2.75, 3.05) is 7.11 Å². The van der Waals surface area contributed by atoms with E-state index in [1.165, 1.54) is 25.4 Å². The maximum absolute atomic E-state index is 11.6. The molecule has 0 saturated carbocycles. The Kier molecular flexibility index (Phi) is 3.76.